The van der Waals surface area contributed by atoms with Crippen LogP contribution in [0.4, 0.5) is 5.69 Å². The Morgan fingerprint density at radius 1 is 1.33 bits per heavy atom. The Bertz CT molecular complexity index is 932. The van der Waals surface area contributed by atoms with Gasteiger partial charge in [0.15, 0.2) is 5.76 Å². The molecule has 0 radical (unpaired) electrons. The van der Waals surface area contributed by atoms with Gasteiger partial charge in [0.2, 0.25) is 5.91 Å². The fourth-order valence-corrected chi connectivity index (χ4v) is 2.33. The second-order valence-corrected chi connectivity index (χ2v) is 5.43. The molecule has 3 heterocycles. The molecule has 0 unspecified atom stereocenters. The smallest absolute Gasteiger partial charge is 0.438 e. The van der Waals surface area contributed by atoms with Gasteiger partial charge in [0.25, 0.3) is 5.89 Å². The molecule has 0 spiro atoms. The number of nitrogens with zero attached hydrogens (tertiary/aromatic N) is 4. The lowest BCUT2D eigenvalue weighted by Crippen LogP contribution is -2.30. The largest absolute Gasteiger partial charge is 0.459 e. The number of carbonyl (C=O) groups excluding carboxylic acids is 1. The van der Waals surface area contributed by atoms with Crippen LogP contribution in [0.2, 0.25) is 0 Å². The van der Waals surface area contributed by atoms with Crippen molar-refractivity contribution in [2.24, 2.45) is 7.05 Å². The summed E-state index contributed by atoms with van der Waals surface area (Å²) in [6.45, 7) is 5.20. The molecule has 9 nitrogen and oxygen atoms in total. The van der Waals surface area contributed by atoms with E-state index in [-0.39, 0.29) is 5.89 Å². The van der Waals surface area contributed by atoms with Gasteiger partial charge in [-0.25, -0.2) is 4.79 Å². The summed E-state index contributed by atoms with van der Waals surface area (Å²) >= 11 is 0. The van der Waals surface area contributed by atoms with Gasteiger partial charge in [0, 0.05) is 7.05 Å². The summed E-state index contributed by atoms with van der Waals surface area (Å²) in [5, 5.41) is 11.0. The molecule has 0 aliphatic heterocycles. The lowest BCUT2D eigenvalue weighted by molar-refractivity contribution is -0.119. The summed E-state index contributed by atoms with van der Waals surface area (Å²) in [5.74, 6) is -0.782. The number of hydrogen-bond donors (Lipinski definition) is 1. The van der Waals surface area contributed by atoms with E-state index in [4.69, 9.17) is 8.83 Å². The van der Waals surface area contributed by atoms with Crippen LogP contribution in [-0.4, -0.2) is 25.5 Å². The van der Waals surface area contributed by atoms with E-state index in [2.05, 4.69) is 15.5 Å². The first-order valence-electron chi connectivity index (χ1n) is 7.33. The van der Waals surface area contributed by atoms with Gasteiger partial charge in [-0.15, -0.1) is 5.10 Å². The Labute approximate surface area is 136 Å². The highest BCUT2D eigenvalue weighted by molar-refractivity contribution is 5.94. The fraction of sp³-hybridized carbons (Fsp3) is 0.333. The molecule has 24 heavy (non-hydrogen) atoms. The molecule has 1 N–H and O–H groups in total. The number of nitrogens with one attached hydrogen (secondary N) is 1. The van der Waals surface area contributed by atoms with Gasteiger partial charge in [-0.3, -0.25) is 9.48 Å². The average molecular weight is 331 g/mol. The summed E-state index contributed by atoms with van der Waals surface area (Å²) in [5.41, 5.74) is 2.13. The highest BCUT2D eigenvalue weighted by Crippen LogP contribution is 2.20. The molecule has 3 aromatic heterocycles. The molecule has 0 aliphatic carbocycles. The molecule has 9 heteroatoms. The number of amides is 1. The first kappa shape index (κ1) is 15.8. The quantitative estimate of drug-likeness (QED) is 0.778. The van der Waals surface area contributed by atoms with Crippen molar-refractivity contribution < 1.29 is 13.6 Å². The van der Waals surface area contributed by atoms with Crippen LogP contribution in [0, 0.1) is 13.8 Å². The van der Waals surface area contributed by atoms with E-state index in [1.165, 1.54) is 6.26 Å². The molecule has 3 rings (SSSR count). The average Bonchev–Trinajstić information content (AvgIpc) is 3.24. The van der Waals surface area contributed by atoms with E-state index in [0.29, 0.717) is 17.1 Å². The highest BCUT2D eigenvalue weighted by atomic mass is 16.4. The third-order valence-electron chi connectivity index (χ3n) is 3.81. The van der Waals surface area contributed by atoms with Crippen LogP contribution < -0.4 is 11.1 Å². The van der Waals surface area contributed by atoms with Crippen molar-refractivity contribution in [3.8, 4) is 11.7 Å². The second-order valence-electron chi connectivity index (χ2n) is 5.43. The zero-order valence-corrected chi connectivity index (χ0v) is 13.7. The Morgan fingerprint density at radius 3 is 2.67 bits per heavy atom. The third-order valence-corrected chi connectivity index (χ3v) is 3.81. The minimum Gasteiger partial charge on any atom is -0.459 e. The van der Waals surface area contributed by atoms with Crippen LogP contribution in [-0.2, 0) is 11.8 Å². The predicted molar refractivity (Wildman–Crippen MR) is 84.5 cm³/mol. The molecule has 126 valence electrons. The van der Waals surface area contributed by atoms with Gasteiger partial charge >= 0.3 is 5.76 Å². The second kappa shape index (κ2) is 5.84. The van der Waals surface area contributed by atoms with E-state index in [9.17, 15) is 9.59 Å². The summed E-state index contributed by atoms with van der Waals surface area (Å²) in [7, 11) is 1.79. The van der Waals surface area contributed by atoms with Crippen molar-refractivity contribution in [3.05, 3.63) is 40.3 Å². The molecule has 3 aromatic rings. The lowest BCUT2D eigenvalue weighted by atomic mass is 10.2. The first-order chi connectivity index (χ1) is 11.4. The van der Waals surface area contributed by atoms with Gasteiger partial charge in [-0.2, -0.15) is 9.78 Å². The Morgan fingerprint density at radius 2 is 2.08 bits per heavy atom. The van der Waals surface area contributed by atoms with Gasteiger partial charge < -0.3 is 14.2 Å². The fourth-order valence-electron chi connectivity index (χ4n) is 2.33. The van der Waals surface area contributed by atoms with Crippen molar-refractivity contribution in [2.45, 2.75) is 26.8 Å². The standard InChI is InChI=1S/C15H17N5O4/c1-8-12(9(2)19(4)17-8)16-13(21)10(3)20-15(22)24-14(18-20)11-6-5-7-23-11/h5-7,10H,1-4H3,(H,16,21)/t10-/m0/s1. The van der Waals surface area contributed by atoms with Crippen LogP contribution in [0.1, 0.15) is 24.4 Å². The number of carbonyl (C=O) groups is 1. The lowest BCUT2D eigenvalue weighted by Gasteiger charge is -2.11. The monoisotopic (exact) mass is 331 g/mol. The first-order valence-corrected chi connectivity index (χ1v) is 7.33. The van der Waals surface area contributed by atoms with Crippen molar-refractivity contribution in [1.29, 1.82) is 0 Å². The van der Waals surface area contributed by atoms with Gasteiger partial charge in [0.05, 0.1) is 23.3 Å². The molecule has 0 saturated heterocycles. The van der Waals surface area contributed by atoms with Gasteiger partial charge in [-0.1, -0.05) is 0 Å². The van der Waals surface area contributed by atoms with Crippen LogP contribution in [0.5, 0.6) is 0 Å². The maximum atomic E-state index is 12.5. The van der Waals surface area contributed by atoms with Crippen molar-refractivity contribution in [1.82, 2.24) is 19.6 Å². The molecular formula is C15H17N5O4. The summed E-state index contributed by atoms with van der Waals surface area (Å²) < 4.78 is 12.8. The maximum Gasteiger partial charge on any atom is 0.438 e. The number of aromatic nitrogens is 4. The van der Waals surface area contributed by atoms with Crippen LogP contribution >= 0.6 is 0 Å². The van der Waals surface area contributed by atoms with E-state index < -0.39 is 17.7 Å². The van der Waals surface area contributed by atoms with Gasteiger partial charge in [-0.05, 0) is 32.9 Å². The molecule has 0 saturated carbocycles. The Kier molecular flexibility index (Phi) is 3.84. The van der Waals surface area contributed by atoms with Crippen LogP contribution in [0.15, 0.2) is 32.0 Å². The SMILES string of the molecule is Cc1nn(C)c(C)c1NC(=O)[C@H](C)n1nc(-c2ccco2)oc1=O. The number of anilines is 1. The number of hydrogen-bond acceptors (Lipinski definition) is 6. The molecular weight excluding hydrogens is 314 g/mol. The van der Waals surface area contributed by atoms with Crippen molar-refractivity contribution >= 4 is 11.6 Å². The number of furan rings is 1. The number of aryl methyl sites for hydroxylation is 2. The Hall–Kier alpha value is -3.10. The van der Waals surface area contributed by atoms with Crippen LogP contribution in [0.25, 0.3) is 11.7 Å². The molecule has 0 aromatic carbocycles. The molecule has 0 fully saturated rings. The highest BCUT2D eigenvalue weighted by Gasteiger charge is 2.24. The summed E-state index contributed by atoms with van der Waals surface area (Å²) in [6, 6.07) is 2.41. The normalized spacial score (nSPS) is 12.3. The van der Waals surface area contributed by atoms with Crippen molar-refractivity contribution in [2.75, 3.05) is 5.32 Å². The van der Waals surface area contributed by atoms with E-state index in [0.717, 1.165) is 10.4 Å². The minimum atomic E-state index is -0.857. The van der Waals surface area contributed by atoms with Gasteiger partial charge in [0.1, 0.15) is 6.04 Å². The summed E-state index contributed by atoms with van der Waals surface area (Å²) in [4.78, 5) is 24.4. The predicted octanol–water partition coefficient (Wildman–Crippen LogP) is 1.65. The topological polar surface area (TPSA) is 108 Å². The molecule has 1 amide bonds. The van der Waals surface area contributed by atoms with E-state index >= 15 is 0 Å². The van der Waals surface area contributed by atoms with Crippen LogP contribution in [0.3, 0.4) is 0 Å². The third kappa shape index (κ3) is 2.64. The van der Waals surface area contributed by atoms with E-state index in [1.54, 1.807) is 37.7 Å². The Balaban J connectivity index is 1.85. The molecule has 1 atom stereocenters. The number of rotatable bonds is 4. The van der Waals surface area contributed by atoms with Crippen molar-refractivity contribution in [3.63, 3.8) is 0 Å². The summed E-state index contributed by atoms with van der Waals surface area (Å²) in [6.07, 6.45) is 1.44. The minimum absolute atomic E-state index is 0.0263. The van der Waals surface area contributed by atoms with E-state index in [1.807, 2.05) is 6.92 Å². The molecule has 0 aliphatic rings. The zero-order chi connectivity index (χ0) is 17.4. The maximum absolute atomic E-state index is 12.5. The zero-order valence-electron chi connectivity index (χ0n) is 13.7. The molecule has 0 bridgehead atoms.